The highest BCUT2D eigenvalue weighted by atomic mass is 35.5. The summed E-state index contributed by atoms with van der Waals surface area (Å²) < 4.78 is 16.1. The van der Waals surface area contributed by atoms with Crippen LogP contribution in [0.1, 0.15) is 31.9 Å². The van der Waals surface area contributed by atoms with Crippen molar-refractivity contribution < 1.29 is 24.1 Å². The highest BCUT2D eigenvalue weighted by Gasteiger charge is 2.23. The molecule has 2 atom stereocenters. The lowest BCUT2D eigenvalue weighted by Gasteiger charge is -2.26. The van der Waals surface area contributed by atoms with E-state index < -0.39 is 12.1 Å². The fraction of sp³-hybridized carbons (Fsp3) is 0.458. The van der Waals surface area contributed by atoms with E-state index in [1.807, 2.05) is 36.4 Å². The van der Waals surface area contributed by atoms with E-state index in [0.29, 0.717) is 24.2 Å². The van der Waals surface area contributed by atoms with Crippen molar-refractivity contribution >= 4 is 17.6 Å². The number of halogens is 1. The monoisotopic (exact) mass is 449 g/mol. The van der Waals surface area contributed by atoms with Crippen LogP contribution in [0.2, 0.25) is 0 Å². The summed E-state index contributed by atoms with van der Waals surface area (Å²) in [5, 5.41) is 9.83. The summed E-state index contributed by atoms with van der Waals surface area (Å²) in [5.41, 5.74) is 7.23. The molecule has 2 rings (SSSR count). The molecule has 170 valence electrons. The molecule has 0 aliphatic heterocycles. The second-order valence-electron chi connectivity index (χ2n) is 8.10. The third-order valence-corrected chi connectivity index (χ3v) is 5.52. The molecule has 0 saturated carbocycles. The molecule has 0 unspecified atom stereocenters. The zero-order valence-corrected chi connectivity index (χ0v) is 19.1. The maximum Gasteiger partial charge on any atom is 0.319 e. The zero-order chi connectivity index (χ0) is 22.9. The lowest BCUT2D eigenvalue weighted by Crippen LogP contribution is -2.27. The van der Waals surface area contributed by atoms with Crippen molar-refractivity contribution in [3.63, 3.8) is 0 Å². The molecule has 2 aromatic rings. The number of carbonyl (C=O) groups is 1. The van der Waals surface area contributed by atoms with E-state index in [9.17, 15) is 9.90 Å². The summed E-state index contributed by atoms with van der Waals surface area (Å²) in [5.74, 6) is 1.78. The smallest absolute Gasteiger partial charge is 0.319 e. The van der Waals surface area contributed by atoms with Crippen LogP contribution in [0.4, 0.5) is 0 Å². The van der Waals surface area contributed by atoms with E-state index in [1.54, 1.807) is 0 Å². The Hall–Kier alpha value is -2.28. The van der Waals surface area contributed by atoms with Gasteiger partial charge in [0.15, 0.2) is 0 Å². The van der Waals surface area contributed by atoms with E-state index in [1.165, 1.54) is 0 Å². The number of rotatable bonds is 12. The van der Waals surface area contributed by atoms with Gasteiger partial charge in [0.2, 0.25) is 0 Å². The fourth-order valence-electron chi connectivity index (χ4n) is 2.87. The summed E-state index contributed by atoms with van der Waals surface area (Å²) in [7, 11) is 0. The quantitative estimate of drug-likeness (QED) is 0.380. The third-order valence-electron chi connectivity index (χ3n) is 5.00. The molecule has 31 heavy (non-hydrogen) atoms. The minimum Gasteiger partial charge on any atom is -0.493 e. The van der Waals surface area contributed by atoms with Crippen LogP contribution in [0.5, 0.6) is 11.5 Å². The highest BCUT2D eigenvalue weighted by Crippen LogP contribution is 2.33. The van der Waals surface area contributed by atoms with Gasteiger partial charge < -0.3 is 25.1 Å². The summed E-state index contributed by atoms with van der Waals surface area (Å²) in [6.07, 6.45) is -0.917. The number of aliphatic hydroxyl groups is 1. The predicted octanol–water partition coefficient (Wildman–Crippen LogP) is 3.51. The lowest BCUT2D eigenvalue weighted by atomic mass is 9.78. The van der Waals surface area contributed by atoms with E-state index in [-0.39, 0.29) is 25.2 Å². The number of hydrogen-bond acceptors (Lipinski definition) is 6. The molecule has 0 aliphatic carbocycles. The molecule has 3 N–H and O–H groups in total. The summed E-state index contributed by atoms with van der Waals surface area (Å²) >= 11 is 5.82. The Balaban J connectivity index is 1.93. The SMILES string of the molecule is C[C@H](CCl)COc1ccc(C(C)(C)c2ccc(OC[C@H](O)COC(=O)CN)cc2)cc1. The number of benzene rings is 2. The normalized spacial score (nSPS) is 13.4. The molecule has 0 aliphatic rings. The lowest BCUT2D eigenvalue weighted by molar-refractivity contribution is -0.145. The van der Waals surface area contributed by atoms with Crippen molar-refractivity contribution in [1.82, 2.24) is 0 Å². The molecule has 0 amide bonds. The van der Waals surface area contributed by atoms with Crippen molar-refractivity contribution in [3.05, 3.63) is 59.7 Å². The number of ether oxygens (including phenoxy) is 3. The molecule has 0 heterocycles. The number of aliphatic hydroxyl groups excluding tert-OH is 1. The number of nitrogens with two attached hydrogens (primary N) is 1. The Kier molecular flexibility index (Phi) is 9.62. The van der Waals surface area contributed by atoms with E-state index in [2.05, 4.69) is 32.9 Å². The zero-order valence-electron chi connectivity index (χ0n) is 18.3. The van der Waals surface area contributed by atoms with Gasteiger partial charge in [-0.25, -0.2) is 0 Å². The van der Waals surface area contributed by atoms with Crippen molar-refractivity contribution in [2.45, 2.75) is 32.3 Å². The van der Waals surface area contributed by atoms with Gasteiger partial charge >= 0.3 is 5.97 Å². The first-order valence-electron chi connectivity index (χ1n) is 10.3. The van der Waals surface area contributed by atoms with Gasteiger partial charge in [-0.15, -0.1) is 11.6 Å². The van der Waals surface area contributed by atoms with Crippen LogP contribution >= 0.6 is 11.6 Å². The summed E-state index contributed by atoms with van der Waals surface area (Å²) in [4.78, 5) is 11.0. The van der Waals surface area contributed by atoms with Crippen LogP contribution in [-0.4, -0.2) is 49.4 Å². The molecule has 0 spiro atoms. The largest absolute Gasteiger partial charge is 0.493 e. The minimum absolute atomic E-state index is 0.0182. The number of carbonyl (C=O) groups excluding carboxylic acids is 1. The number of esters is 1. The average Bonchev–Trinajstić information content (AvgIpc) is 2.80. The van der Waals surface area contributed by atoms with Gasteiger partial charge in [-0.3, -0.25) is 4.79 Å². The maximum absolute atomic E-state index is 11.0. The molecule has 0 saturated heterocycles. The molecule has 0 bridgehead atoms. The highest BCUT2D eigenvalue weighted by molar-refractivity contribution is 6.18. The Morgan fingerprint density at radius 2 is 1.45 bits per heavy atom. The fourth-order valence-corrected chi connectivity index (χ4v) is 2.96. The summed E-state index contributed by atoms with van der Waals surface area (Å²) in [6.45, 7) is 6.62. The Morgan fingerprint density at radius 1 is 0.968 bits per heavy atom. The van der Waals surface area contributed by atoms with Gasteiger partial charge in [0, 0.05) is 17.2 Å². The third kappa shape index (κ3) is 7.73. The molecule has 6 nitrogen and oxygen atoms in total. The number of hydrogen-bond donors (Lipinski definition) is 2. The van der Waals surface area contributed by atoms with Gasteiger partial charge in [-0.05, 0) is 35.4 Å². The van der Waals surface area contributed by atoms with E-state index in [0.717, 1.165) is 16.9 Å². The molecule has 0 radical (unpaired) electrons. The van der Waals surface area contributed by atoms with Crippen LogP contribution < -0.4 is 15.2 Å². The Labute approximate surface area is 189 Å². The Morgan fingerprint density at radius 3 is 1.90 bits per heavy atom. The predicted molar refractivity (Wildman–Crippen MR) is 122 cm³/mol. The first kappa shape index (κ1) is 25.0. The molecule has 0 aromatic heterocycles. The summed E-state index contributed by atoms with van der Waals surface area (Å²) in [6, 6.07) is 15.8. The van der Waals surface area contributed by atoms with Crippen LogP contribution in [0.25, 0.3) is 0 Å². The minimum atomic E-state index is -0.917. The van der Waals surface area contributed by atoms with Crippen LogP contribution in [0.3, 0.4) is 0 Å². The first-order chi connectivity index (χ1) is 14.8. The molecular weight excluding hydrogens is 418 g/mol. The van der Waals surface area contributed by atoms with Gasteiger partial charge in [0.25, 0.3) is 0 Å². The standard InChI is InChI=1S/C24H32ClNO5/c1-17(12-25)14-29-21-8-4-18(5-9-21)24(2,3)19-6-10-22(11-7-19)30-15-20(27)16-31-23(28)13-26/h4-11,17,20,27H,12-16,26H2,1-3H3/t17-,20+/m1/s1. The van der Waals surface area contributed by atoms with Crippen molar-refractivity contribution in [2.24, 2.45) is 11.7 Å². The van der Waals surface area contributed by atoms with Crippen LogP contribution in [0.15, 0.2) is 48.5 Å². The van der Waals surface area contributed by atoms with Gasteiger partial charge in [-0.1, -0.05) is 45.0 Å². The molecule has 2 aromatic carbocycles. The number of alkyl halides is 1. The van der Waals surface area contributed by atoms with Crippen LogP contribution in [0, 0.1) is 5.92 Å². The molecule has 7 heteroatoms. The van der Waals surface area contributed by atoms with Crippen molar-refractivity contribution in [3.8, 4) is 11.5 Å². The maximum atomic E-state index is 11.0. The van der Waals surface area contributed by atoms with Gasteiger partial charge in [-0.2, -0.15) is 0 Å². The van der Waals surface area contributed by atoms with E-state index >= 15 is 0 Å². The average molecular weight is 450 g/mol. The van der Waals surface area contributed by atoms with Gasteiger partial charge in [0.1, 0.15) is 30.8 Å². The second-order valence-corrected chi connectivity index (χ2v) is 8.40. The Bertz CT molecular complexity index is 808. The van der Waals surface area contributed by atoms with Crippen LogP contribution in [-0.2, 0) is 14.9 Å². The topological polar surface area (TPSA) is 91.0 Å². The van der Waals surface area contributed by atoms with E-state index in [4.69, 9.17) is 31.5 Å². The first-order valence-corrected chi connectivity index (χ1v) is 10.9. The molecule has 0 fully saturated rings. The second kappa shape index (κ2) is 11.9. The van der Waals surface area contributed by atoms with Gasteiger partial charge in [0.05, 0.1) is 13.2 Å². The van der Waals surface area contributed by atoms with Crippen molar-refractivity contribution in [1.29, 1.82) is 0 Å². The molecular formula is C24H32ClNO5. The van der Waals surface area contributed by atoms with Crippen molar-refractivity contribution in [2.75, 3.05) is 32.2 Å².